The third-order valence-electron chi connectivity index (χ3n) is 3.45. The lowest BCUT2D eigenvalue weighted by Crippen LogP contribution is -2.37. The fraction of sp³-hybridized carbons (Fsp3) is 0.333. The summed E-state index contributed by atoms with van der Waals surface area (Å²) in [7, 11) is 0. The van der Waals surface area contributed by atoms with Crippen LogP contribution in [0.15, 0.2) is 42.7 Å². The van der Waals surface area contributed by atoms with Gasteiger partial charge in [-0.15, -0.1) is 0 Å². The SMILES string of the molecule is CCC(Oc1ccc(C)cc1C)C(=O)NCc1cccnc1. The van der Waals surface area contributed by atoms with Gasteiger partial charge in [0.2, 0.25) is 0 Å². The number of nitrogens with zero attached hydrogens (tertiary/aromatic N) is 1. The Bertz CT molecular complexity index is 626. The van der Waals surface area contributed by atoms with E-state index in [9.17, 15) is 4.79 Å². The number of amides is 1. The molecule has 1 heterocycles. The van der Waals surface area contributed by atoms with Crippen LogP contribution in [0.3, 0.4) is 0 Å². The van der Waals surface area contributed by atoms with Gasteiger partial charge in [0.25, 0.3) is 5.91 Å². The topological polar surface area (TPSA) is 51.2 Å². The Morgan fingerprint density at radius 3 is 2.77 bits per heavy atom. The Hall–Kier alpha value is -2.36. The van der Waals surface area contributed by atoms with Crippen LogP contribution in [0.2, 0.25) is 0 Å². The Morgan fingerprint density at radius 1 is 1.32 bits per heavy atom. The summed E-state index contributed by atoms with van der Waals surface area (Å²) in [6, 6.07) is 9.74. The molecule has 4 heteroatoms. The van der Waals surface area contributed by atoms with Crippen molar-refractivity contribution < 1.29 is 9.53 Å². The zero-order valence-electron chi connectivity index (χ0n) is 13.3. The number of ether oxygens (including phenoxy) is 1. The van der Waals surface area contributed by atoms with Gasteiger partial charge in [-0.2, -0.15) is 0 Å². The second kappa shape index (κ2) is 7.59. The quantitative estimate of drug-likeness (QED) is 0.891. The first kappa shape index (κ1) is 16.0. The molecule has 0 aliphatic heterocycles. The molecule has 0 saturated heterocycles. The molecule has 1 aromatic heterocycles. The van der Waals surface area contributed by atoms with Gasteiger partial charge in [0.1, 0.15) is 5.75 Å². The van der Waals surface area contributed by atoms with Crippen molar-refractivity contribution >= 4 is 5.91 Å². The normalized spacial score (nSPS) is 11.8. The molecule has 0 bridgehead atoms. The summed E-state index contributed by atoms with van der Waals surface area (Å²) in [6.45, 7) is 6.43. The maximum atomic E-state index is 12.3. The molecular weight excluding hydrogens is 276 g/mol. The number of rotatable bonds is 6. The van der Waals surface area contributed by atoms with Gasteiger partial charge in [-0.05, 0) is 43.5 Å². The molecule has 1 amide bonds. The van der Waals surface area contributed by atoms with Crippen LogP contribution in [0.4, 0.5) is 0 Å². The van der Waals surface area contributed by atoms with E-state index in [0.29, 0.717) is 13.0 Å². The van der Waals surface area contributed by atoms with Crippen molar-refractivity contribution in [3.63, 3.8) is 0 Å². The van der Waals surface area contributed by atoms with Gasteiger partial charge in [-0.25, -0.2) is 0 Å². The number of hydrogen-bond acceptors (Lipinski definition) is 3. The second-order valence-electron chi connectivity index (χ2n) is 5.36. The first-order valence-corrected chi connectivity index (χ1v) is 7.50. The molecule has 1 unspecified atom stereocenters. The first-order valence-electron chi connectivity index (χ1n) is 7.50. The Labute approximate surface area is 131 Å². The Balaban J connectivity index is 1.97. The number of aryl methyl sites for hydroxylation is 2. The van der Waals surface area contributed by atoms with Gasteiger partial charge in [-0.3, -0.25) is 9.78 Å². The van der Waals surface area contributed by atoms with Crippen molar-refractivity contribution in [1.29, 1.82) is 0 Å². The third-order valence-corrected chi connectivity index (χ3v) is 3.45. The second-order valence-corrected chi connectivity index (χ2v) is 5.36. The molecule has 2 aromatic rings. The summed E-state index contributed by atoms with van der Waals surface area (Å²) in [5.74, 6) is 0.653. The van der Waals surface area contributed by atoms with Crippen molar-refractivity contribution in [3.8, 4) is 5.75 Å². The number of aromatic nitrogens is 1. The summed E-state index contributed by atoms with van der Waals surface area (Å²) < 4.78 is 5.87. The molecule has 2 rings (SSSR count). The molecule has 0 spiro atoms. The number of nitrogens with one attached hydrogen (secondary N) is 1. The van der Waals surface area contributed by atoms with Crippen molar-refractivity contribution in [2.45, 2.75) is 39.8 Å². The van der Waals surface area contributed by atoms with Gasteiger partial charge in [0.15, 0.2) is 6.10 Å². The Morgan fingerprint density at radius 2 is 2.14 bits per heavy atom. The molecule has 1 atom stereocenters. The van der Waals surface area contributed by atoms with E-state index in [-0.39, 0.29) is 5.91 Å². The van der Waals surface area contributed by atoms with Crippen LogP contribution in [0.1, 0.15) is 30.0 Å². The number of benzene rings is 1. The molecule has 0 fully saturated rings. The fourth-order valence-corrected chi connectivity index (χ4v) is 2.21. The van der Waals surface area contributed by atoms with E-state index in [0.717, 1.165) is 16.9 Å². The zero-order chi connectivity index (χ0) is 15.9. The molecule has 116 valence electrons. The van der Waals surface area contributed by atoms with Crippen LogP contribution in [-0.2, 0) is 11.3 Å². The number of pyridine rings is 1. The summed E-state index contributed by atoms with van der Waals surface area (Å²) >= 11 is 0. The van der Waals surface area contributed by atoms with E-state index in [1.54, 1.807) is 12.4 Å². The molecule has 4 nitrogen and oxygen atoms in total. The number of carbonyl (C=O) groups excluding carboxylic acids is 1. The molecule has 0 aliphatic carbocycles. The van der Waals surface area contributed by atoms with Crippen molar-refractivity contribution in [2.24, 2.45) is 0 Å². The highest BCUT2D eigenvalue weighted by atomic mass is 16.5. The average Bonchev–Trinajstić information content (AvgIpc) is 2.53. The number of carbonyl (C=O) groups is 1. The lowest BCUT2D eigenvalue weighted by atomic mass is 10.1. The number of hydrogen-bond donors (Lipinski definition) is 1. The van der Waals surface area contributed by atoms with Crippen molar-refractivity contribution in [2.75, 3.05) is 0 Å². The predicted molar refractivity (Wildman–Crippen MR) is 86.7 cm³/mol. The van der Waals surface area contributed by atoms with E-state index < -0.39 is 6.10 Å². The molecule has 0 saturated carbocycles. The largest absolute Gasteiger partial charge is 0.480 e. The van der Waals surface area contributed by atoms with Crippen LogP contribution in [0.5, 0.6) is 5.75 Å². The van der Waals surface area contributed by atoms with Crippen molar-refractivity contribution in [1.82, 2.24) is 10.3 Å². The first-order chi connectivity index (χ1) is 10.6. The zero-order valence-corrected chi connectivity index (χ0v) is 13.3. The van der Waals surface area contributed by atoms with Gasteiger partial charge in [0, 0.05) is 18.9 Å². The van der Waals surface area contributed by atoms with Gasteiger partial charge >= 0.3 is 0 Å². The van der Waals surface area contributed by atoms with E-state index in [2.05, 4.69) is 16.4 Å². The highest BCUT2D eigenvalue weighted by molar-refractivity contribution is 5.81. The monoisotopic (exact) mass is 298 g/mol. The minimum absolute atomic E-state index is 0.105. The maximum absolute atomic E-state index is 12.3. The third kappa shape index (κ3) is 4.32. The molecule has 1 aromatic carbocycles. The minimum Gasteiger partial charge on any atom is -0.480 e. The molecule has 0 radical (unpaired) electrons. The van der Waals surface area contributed by atoms with E-state index >= 15 is 0 Å². The molecular formula is C18H22N2O2. The van der Waals surface area contributed by atoms with E-state index in [4.69, 9.17) is 4.74 Å². The lowest BCUT2D eigenvalue weighted by Gasteiger charge is -2.19. The standard InChI is InChI=1S/C18H22N2O2/c1-4-16(22-17-8-7-13(2)10-14(17)3)18(21)20-12-15-6-5-9-19-11-15/h5-11,16H,4,12H2,1-3H3,(H,20,21). The Kier molecular flexibility index (Phi) is 5.53. The van der Waals surface area contributed by atoms with Crippen molar-refractivity contribution in [3.05, 3.63) is 59.4 Å². The van der Waals surface area contributed by atoms with Crippen LogP contribution >= 0.6 is 0 Å². The van der Waals surface area contributed by atoms with Crippen LogP contribution in [0, 0.1) is 13.8 Å². The van der Waals surface area contributed by atoms with Crippen LogP contribution in [0.25, 0.3) is 0 Å². The summed E-state index contributed by atoms with van der Waals surface area (Å²) in [5.41, 5.74) is 3.19. The highest BCUT2D eigenvalue weighted by Crippen LogP contribution is 2.20. The predicted octanol–water partition coefficient (Wildman–Crippen LogP) is 3.17. The van der Waals surface area contributed by atoms with Crippen LogP contribution < -0.4 is 10.1 Å². The van der Waals surface area contributed by atoms with Crippen LogP contribution in [-0.4, -0.2) is 17.0 Å². The smallest absolute Gasteiger partial charge is 0.261 e. The lowest BCUT2D eigenvalue weighted by molar-refractivity contribution is -0.128. The fourth-order valence-electron chi connectivity index (χ4n) is 2.21. The summed E-state index contributed by atoms with van der Waals surface area (Å²) in [5, 5.41) is 2.90. The average molecular weight is 298 g/mol. The maximum Gasteiger partial charge on any atom is 0.261 e. The summed E-state index contributed by atoms with van der Waals surface area (Å²) in [4.78, 5) is 16.3. The van der Waals surface area contributed by atoms with E-state index in [1.807, 2.05) is 45.0 Å². The van der Waals surface area contributed by atoms with Gasteiger partial charge < -0.3 is 10.1 Å². The molecule has 1 N–H and O–H groups in total. The molecule has 0 aliphatic rings. The molecule has 22 heavy (non-hydrogen) atoms. The van der Waals surface area contributed by atoms with Gasteiger partial charge in [0.05, 0.1) is 0 Å². The summed E-state index contributed by atoms with van der Waals surface area (Å²) in [6.07, 6.45) is 3.58. The highest BCUT2D eigenvalue weighted by Gasteiger charge is 2.18. The minimum atomic E-state index is -0.488. The van der Waals surface area contributed by atoms with Gasteiger partial charge in [-0.1, -0.05) is 30.7 Å². The van der Waals surface area contributed by atoms with E-state index in [1.165, 1.54) is 5.56 Å².